The van der Waals surface area contributed by atoms with Gasteiger partial charge in [-0.15, -0.1) is 13.2 Å². The van der Waals surface area contributed by atoms with Gasteiger partial charge in [-0.25, -0.2) is 0 Å². The molecule has 0 fully saturated rings. The van der Waals surface area contributed by atoms with E-state index in [4.69, 9.17) is 5.73 Å². The molecule has 0 unspecified atom stereocenters. The molecular weight excluding hydrogens is 297 g/mol. The van der Waals surface area contributed by atoms with Gasteiger partial charge in [-0.1, -0.05) is 30.3 Å². The minimum atomic E-state index is -4.74. The third-order valence-corrected chi connectivity index (χ3v) is 2.82. The van der Waals surface area contributed by atoms with E-state index < -0.39 is 18.3 Å². The van der Waals surface area contributed by atoms with E-state index in [-0.39, 0.29) is 5.75 Å². The number of nitrogens with two attached hydrogens (primary N) is 1. The molecule has 4 nitrogen and oxygen atoms in total. The van der Waals surface area contributed by atoms with Crippen LogP contribution in [0.1, 0.15) is 11.6 Å². The molecule has 1 amide bonds. The molecule has 1 atom stereocenters. The van der Waals surface area contributed by atoms with E-state index in [1.807, 2.05) is 0 Å². The first kappa shape index (κ1) is 15.7. The number of alkyl halides is 3. The zero-order valence-corrected chi connectivity index (χ0v) is 11.3. The van der Waals surface area contributed by atoms with Gasteiger partial charge in [-0.05, 0) is 29.8 Å². The molecule has 0 spiro atoms. The van der Waals surface area contributed by atoms with E-state index in [0.29, 0.717) is 11.3 Å². The van der Waals surface area contributed by atoms with Crippen LogP contribution < -0.4 is 15.8 Å². The van der Waals surface area contributed by atoms with Gasteiger partial charge in [0.15, 0.2) is 0 Å². The number of anilines is 1. The first-order valence-electron chi connectivity index (χ1n) is 6.32. The normalized spacial score (nSPS) is 12.5. The molecule has 0 aromatic heterocycles. The van der Waals surface area contributed by atoms with Gasteiger partial charge in [0.05, 0.1) is 0 Å². The summed E-state index contributed by atoms with van der Waals surface area (Å²) in [5.41, 5.74) is 6.46. The summed E-state index contributed by atoms with van der Waals surface area (Å²) in [4.78, 5) is 11.5. The van der Waals surface area contributed by atoms with E-state index in [1.165, 1.54) is 12.1 Å². The van der Waals surface area contributed by atoms with Crippen molar-refractivity contribution in [3.8, 4) is 5.75 Å². The van der Waals surface area contributed by atoms with Crippen LogP contribution in [0.5, 0.6) is 5.75 Å². The Hall–Kier alpha value is -2.70. The maximum Gasteiger partial charge on any atom is 0.573 e. The molecule has 7 heteroatoms. The number of carbonyl (C=O) groups excluding carboxylic acids is 1. The van der Waals surface area contributed by atoms with Gasteiger partial charge < -0.3 is 15.8 Å². The molecule has 2 aromatic rings. The average molecular weight is 310 g/mol. The van der Waals surface area contributed by atoms with Crippen molar-refractivity contribution < 1.29 is 22.7 Å². The highest BCUT2D eigenvalue weighted by Crippen LogP contribution is 2.25. The maximum absolute atomic E-state index is 12.1. The van der Waals surface area contributed by atoms with Gasteiger partial charge in [-0.3, -0.25) is 4.79 Å². The van der Waals surface area contributed by atoms with E-state index >= 15 is 0 Å². The van der Waals surface area contributed by atoms with Crippen LogP contribution >= 0.6 is 0 Å². The van der Waals surface area contributed by atoms with Crippen LogP contribution in [0.25, 0.3) is 0 Å². The number of nitrogens with one attached hydrogen (secondary N) is 1. The van der Waals surface area contributed by atoms with Gasteiger partial charge in [0.2, 0.25) is 5.91 Å². The van der Waals surface area contributed by atoms with Crippen molar-refractivity contribution in [1.82, 2.24) is 0 Å². The predicted octanol–water partition coefficient (Wildman–Crippen LogP) is 3.22. The van der Waals surface area contributed by atoms with Crippen LogP contribution in [0.2, 0.25) is 0 Å². The highest BCUT2D eigenvalue weighted by Gasteiger charge is 2.31. The molecule has 0 saturated carbocycles. The summed E-state index contributed by atoms with van der Waals surface area (Å²) >= 11 is 0. The lowest BCUT2D eigenvalue weighted by atomic mass is 10.1. The minimum Gasteiger partial charge on any atom is -0.406 e. The second-order valence-corrected chi connectivity index (χ2v) is 4.46. The topological polar surface area (TPSA) is 64.4 Å². The summed E-state index contributed by atoms with van der Waals surface area (Å²) < 4.78 is 40.0. The first-order valence-corrected chi connectivity index (χ1v) is 6.32. The first-order chi connectivity index (χ1) is 10.3. The molecule has 3 N–H and O–H groups in total. The molecule has 0 saturated heterocycles. The molecule has 116 valence electrons. The molecule has 0 radical (unpaired) electrons. The van der Waals surface area contributed by atoms with Crippen LogP contribution in [0.3, 0.4) is 0 Å². The molecule has 0 aliphatic heterocycles. The number of rotatable bonds is 5. The lowest BCUT2D eigenvalue weighted by molar-refractivity contribution is -0.274. The monoisotopic (exact) mass is 310 g/mol. The molecule has 0 heterocycles. The quantitative estimate of drug-likeness (QED) is 0.891. The van der Waals surface area contributed by atoms with Gasteiger partial charge in [0, 0.05) is 5.69 Å². The smallest absolute Gasteiger partial charge is 0.406 e. The van der Waals surface area contributed by atoms with Gasteiger partial charge >= 0.3 is 6.36 Å². The van der Waals surface area contributed by atoms with E-state index in [9.17, 15) is 18.0 Å². The Balaban J connectivity index is 2.13. The third-order valence-electron chi connectivity index (χ3n) is 2.82. The third kappa shape index (κ3) is 4.41. The largest absolute Gasteiger partial charge is 0.573 e. The maximum atomic E-state index is 12.1. The summed E-state index contributed by atoms with van der Waals surface area (Å²) in [6.07, 6.45) is -4.74. The summed E-state index contributed by atoms with van der Waals surface area (Å²) in [5.74, 6) is -0.935. The molecular formula is C15H13F3N2O2. The Morgan fingerprint density at radius 2 is 1.64 bits per heavy atom. The highest BCUT2D eigenvalue weighted by molar-refractivity contribution is 5.84. The van der Waals surface area contributed by atoms with Crippen LogP contribution in [-0.2, 0) is 4.79 Å². The van der Waals surface area contributed by atoms with Gasteiger partial charge in [0.1, 0.15) is 11.8 Å². The Kier molecular flexibility index (Phi) is 4.55. The summed E-state index contributed by atoms with van der Waals surface area (Å²) in [7, 11) is 0. The molecule has 0 bridgehead atoms. The van der Waals surface area contributed by atoms with Crippen molar-refractivity contribution >= 4 is 11.6 Å². The zero-order valence-electron chi connectivity index (χ0n) is 11.3. The zero-order chi connectivity index (χ0) is 16.2. The Labute approximate surface area is 124 Å². The number of carbonyl (C=O) groups is 1. The minimum absolute atomic E-state index is 0.339. The van der Waals surface area contributed by atoms with Crippen molar-refractivity contribution in [2.45, 2.75) is 12.4 Å². The average Bonchev–Trinajstić information content (AvgIpc) is 2.45. The number of amides is 1. The number of hydrogen-bond donors (Lipinski definition) is 2. The number of primary amides is 1. The van der Waals surface area contributed by atoms with Crippen molar-refractivity contribution in [1.29, 1.82) is 0 Å². The standard InChI is InChI=1S/C15H13F3N2O2/c16-15(17,18)22-12-8-6-11(7-9-12)20-13(14(19)21)10-4-2-1-3-5-10/h1-9,13,20H,(H2,19,21)/t13-/m1/s1. The molecule has 0 aliphatic rings. The number of ether oxygens (including phenoxy) is 1. The van der Waals surface area contributed by atoms with Crippen molar-refractivity contribution in [3.05, 3.63) is 60.2 Å². The Morgan fingerprint density at radius 3 is 2.14 bits per heavy atom. The Bertz CT molecular complexity index is 627. The summed E-state index contributed by atoms with van der Waals surface area (Å²) in [6.45, 7) is 0. The number of benzene rings is 2. The summed E-state index contributed by atoms with van der Waals surface area (Å²) in [6, 6.07) is 13.0. The Morgan fingerprint density at radius 1 is 1.05 bits per heavy atom. The SMILES string of the molecule is NC(=O)[C@H](Nc1ccc(OC(F)(F)F)cc1)c1ccccc1. The second kappa shape index (κ2) is 6.38. The molecule has 22 heavy (non-hydrogen) atoms. The number of hydrogen-bond acceptors (Lipinski definition) is 3. The second-order valence-electron chi connectivity index (χ2n) is 4.46. The van der Waals surface area contributed by atoms with E-state index in [2.05, 4.69) is 10.1 Å². The fourth-order valence-electron chi connectivity index (χ4n) is 1.88. The van der Waals surface area contributed by atoms with Crippen molar-refractivity contribution in [3.63, 3.8) is 0 Å². The molecule has 2 aromatic carbocycles. The molecule has 2 rings (SSSR count). The lowest BCUT2D eigenvalue weighted by Crippen LogP contribution is -2.27. The van der Waals surface area contributed by atoms with Crippen LogP contribution in [-0.4, -0.2) is 12.3 Å². The van der Waals surface area contributed by atoms with Gasteiger partial charge in [0.25, 0.3) is 0 Å². The van der Waals surface area contributed by atoms with E-state index in [0.717, 1.165) is 12.1 Å². The van der Waals surface area contributed by atoms with E-state index in [1.54, 1.807) is 30.3 Å². The fourth-order valence-corrected chi connectivity index (χ4v) is 1.88. The molecule has 0 aliphatic carbocycles. The fraction of sp³-hybridized carbons (Fsp3) is 0.133. The van der Waals surface area contributed by atoms with Crippen molar-refractivity contribution in [2.24, 2.45) is 5.73 Å². The highest BCUT2D eigenvalue weighted by atomic mass is 19.4. The van der Waals surface area contributed by atoms with Crippen LogP contribution in [0.4, 0.5) is 18.9 Å². The van der Waals surface area contributed by atoms with Gasteiger partial charge in [-0.2, -0.15) is 0 Å². The van der Waals surface area contributed by atoms with Crippen LogP contribution in [0.15, 0.2) is 54.6 Å². The van der Waals surface area contributed by atoms with Crippen LogP contribution in [0, 0.1) is 0 Å². The summed E-state index contributed by atoms with van der Waals surface area (Å²) in [5, 5.41) is 2.87. The van der Waals surface area contributed by atoms with Crippen molar-refractivity contribution in [2.75, 3.05) is 5.32 Å². The lowest BCUT2D eigenvalue weighted by Gasteiger charge is -2.17. The number of halogens is 3. The predicted molar refractivity (Wildman–Crippen MR) is 75.1 cm³/mol.